The molecule has 0 unspecified atom stereocenters. The van der Waals surface area contributed by atoms with E-state index in [2.05, 4.69) is 5.10 Å². The number of nitrogens with zero attached hydrogens (tertiary/aromatic N) is 2. The molecular weight excluding hydrogens is 316 g/mol. The maximum atomic E-state index is 12.4. The van der Waals surface area contributed by atoms with E-state index in [1.54, 1.807) is 18.0 Å². The topological polar surface area (TPSA) is 57.3 Å². The highest BCUT2D eigenvalue weighted by atomic mass is 16.5. The van der Waals surface area contributed by atoms with E-state index in [4.69, 9.17) is 9.15 Å². The van der Waals surface area contributed by atoms with Crippen LogP contribution in [0.3, 0.4) is 0 Å². The van der Waals surface area contributed by atoms with Crippen LogP contribution in [-0.2, 0) is 6.54 Å². The molecular formula is C20H16N2O3. The first-order valence-electron chi connectivity index (χ1n) is 7.92. The van der Waals surface area contributed by atoms with Gasteiger partial charge in [-0.1, -0.05) is 42.5 Å². The fourth-order valence-electron chi connectivity index (χ4n) is 2.74. The van der Waals surface area contributed by atoms with Crippen LogP contribution in [-0.4, -0.2) is 16.9 Å². The highest BCUT2D eigenvalue weighted by Crippen LogP contribution is 2.22. The van der Waals surface area contributed by atoms with Crippen LogP contribution in [0.4, 0.5) is 0 Å². The summed E-state index contributed by atoms with van der Waals surface area (Å²) in [5.41, 5.74) is 2.28. The molecule has 0 fully saturated rings. The minimum absolute atomic E-state index is 0.0962. The molecule has 0 aliphatic rings. The molecule has 2 aromatic heterocycles. The van der Waals surface area contributed by atoms with Gasteiger partial charge in [-0.2, -0.15) is 5.10 Å². The molecule has 0 bridgehead atoms. The largest absolute Gasteiger partial charge is 0.497 e. The Hall–Kier alpha value is -3.34. The maximum Gasteiger partial charge on any atom is 0.229 e. The van der Waals surface area contributed by atoms with Crippen LogP contribution in [0.1, 0.15) is 5.56 Å². The molecule has 0 saturated carbocycles. The van der Waals surface area contributed by atoms with Crippen LogP contribution in [0.25, 0.3) is 22.4 Å². The number of hydrogen-bond acceptors (Lipinski definition) is 4. The van der Waals surface area contributed by atoms with Crippen molar-refractivity contribution in [3.63, 3.8) is 0 Å². The lowest BCUT2D eigenvalue weighted by molar-refractivity contribution is 0.414. The van der Waals surface area contributed by atoms with Gasteiger partial charge in [-0.3, -0.25) is 4.79 Å². The Bertz CT molecular complexity index is 1060. The zero-order chi connectivity index (χ0) is 17.2. The SMILES string of the molecule is COc1ccc(Cn2ncc3c(=O)cc(-c4ccccc4)oc32)cc1. The second-order valence-corrected chi connectivity index (χ2v) is 5.71. The Labute approximate surface area is 144 Å². The number of aromatic nitrogens is 2. The van der Waals surface area contributed by atoms with Gasteiger partial charge in [-0.15, -0.1) is 0 Å². The molecule has 0 amide bonds. The van der Waals surface area contributed by atoms with Gasteiger partial charge < -0.3 is 9.15 Å². The van der Waals surface area contributed by atoms with Crippen molar-refractivity contribution in [1.82, 2.24) is 9.78 Å². The maximum absolute atomic E-state index is 12.4. The van der Waals surface area contributed by atoms with Gasteiger partial charge in [-0.25, -0.2) is 4.68 Å². The van der Waals surface area contributed by atoms with E-state index >= 15 is 0 Å². The summed E-state index contributed by atoms with van der Waals surface area (Å²) in [5, 5.41) is 4.80. The average molecular weight is 332 g/mol. The monoisotopic (exact) mass is 332 g/mol. The number of methoxy groups -OCH3 is 1. The van der Waals surface area contributed by atoms with Crippen molar-refractivity contribution in [2.75, 3.05) is 7.11 Å². The first-order chi connectivity index (χ1) is 12.2. The third kappa shape index (κ3) is 2.92. The highest BCUT2D eigenvalue weighted by molar-refractivity contribution is 5.75. The molecule has 25 heavy (non-hydrogen) atoms. The zero-order valence-electron chi connectivity index (χ0n) is 13.7. The molecule has 0 aliphatic carbocycles. The minimum atomic E-state index is -0.0962. The first kappa shape index (κ1) is 15.2. The van der Waals surface area contributed by atoms with Gasteiger partial charge in [0.05, 0.1) is 19.9 Å². The summed E-state index contributed by atoms with van der Waals surface area (Å²) >= 11 is 0. The average Bonchev–Trinajstić information content (AvgIpc) is 3.06. The fraction of sp³-hybridized carbons (Fsp3) is 0.100. The predicted molar refractivity (Wildman–Crippen MR) is 95.8 cm³/mol. The van der Waals surface area contributed by atoms with Crippen molar-refractivity contribution in [3.05, 3.63) is 82.6 Å². The molecule has 4 rings (SSSR count). The van der Waals surface area contributed by atoms with Crippen molar-refractivity contribution in [2.24, 2.45) is 0 Å². The summed E-state index contributed by atoms with van der Waals surface area (Å²) in [6.45, 7) is 0.509. The van der Waals surface area contributed by atoms with Gasteiger partial charge in [0.15, 0.2) is 5.43 Å². The second kappa shape index (κ2) is 6.28. The van der Waals surface area contributed by atoms with Gasteiger partial charge >= 0.3 is 0 Å². The van der Waals surface area contributed by atoms with Crippen molar-refractivity contribution in [1.29, 1.82) is 0 Å². The highest BCUT2D eigenvalue weighted by Gasteiger charge is 2.12. The van der Waals surface area contributed by atoms with E-state index in [9.17, 15) is 4.79 Å². The lowest BCUT2D eigenvalue weighted by Gasteiger charge is -2.06. The smallest absolute Gasteiger partial charge is 0.229 e. The van der Waals surface area contributed by atoms with E-state index in [0.29, 0.717) is 23.4 Å². The molecule has 0 saturated heterocycles. The van der Waals surface area contributed by atoms with Gasteiger partial charge in [0.2, 0.25) is 5.71 Å². The van der Waals surface area contributed by atoms with Crippen molar-refractivity contribution < 1.29 is 9.15 Å². The molecule has 124 valence electrons. The predicted octanol–water partition coefficient (Wildman–Crippen LogP) is 3.71. The number of benzene rings is 2. The van der Waals surface area contributed by atoms with E-state index in [-0.39, 0.29) is 5.43 Å². The van der Waals surface area contributed by atoms with Crippen LogP contribution in [0.5, 0.6) is 5.75 Å². The van der Waals surface area contributed by atoms with Crippen LogP contribution in [0.15, 0.2) is 76.1 Å². The summed E-state index contributed by atoms with van der Waals surface area (Å²) in [4.78, 5) is 12.4. The molecule has 0 spiro atoms. The van der Waals surface area contributed by atoms with Crippen molar-refractivity contribution in [2.45, 2.75) is 6.54 Å². The lowest BCUT2D eigenvalue weighted by Crippen LogP contribution is -2.04. The molecule has 2 heterocycles. The Kier molecular flexibility index (Phi) is 3.82. The molecule has 0 atom stereocenters. The summed E-state index contributed by atoms with van der Waals surface area (Å²) < 4.78 is 12.9. The number of rotatable bonds is 4. The standard InChI is InChI=1S/C20H16N2O3/c1-24-16-9-7-14(8-10-16)13-22-20-17(12-21-22)18(23)11-19(25-20)15-5-3-2-4-6-15/h2-12H,13H2,1H3. The third-order valence-corrected chi connectivity index (χ3v) is 4.08. The van der Waals surface area contributed by atoms with Crippen LogP contribution >= 0.6 is 0 Å². The van der Waals surface area contributed by atoms with Gasteiger partial charge in [0, 0.05) is 11.6 Å². The number of fused-ring (bicyclic) bond motifs is 1. The van der Waals surface area contributed by atoms with E-state index in [0.717, 1.165) is 16.9 Å². The van der Waals surface area contributed by atoms with E-state index in [1.807, 2.05) is 54.6 Å². The molecule has 0 N–H and O–H groups in total. The van der Waals surface area contributed by atoms with Gasteiger partial charge in [0.25, 0.3) is 0 Å². The third-order valence-electron chi connectivity index (χ3n) is 4.08. The Balaban J connectivity index is 1.76. The lowest BCUT2D eigenvalue weighted by atomic mass is 10.1. The van der Waals surface area contributed by atoms with Crippen molar-refractivity contribution in [3.8, 4) is 17.1 Å². The van der Waals surface area contributed by atoms with E-state index < -0.39 is 0 Å². The normalized spacial score (nSPS) is 10.9. The van der Waals surface area contributed by atoms with Crippen LogP contribution in [0, 0.1) is 0 Å². The Morgan fingerprint density at radius 2 is 1.84 bits per heavy atom. The molecule has 2 aromatic carbocycles. The fourth-order valence-corrected chi connectivity index (χ4v) is 2.74. The molecule has 4 aromatic rings. The number of ether oxygens (including phenoxy) is 1. The summed E-state index contributed by atoms with van der Waals surface area (Å²) in [5.74, 6) is 1.33. The molecule has 0 aliphatic heterocycles. The summed E-state index contributed by atoms with van der Waals surface area (Å²) in [6, 6.07) is 18.8. The van der Waals surface area contributed by atoms with Crippen molar-refractivity contribution >= 4 is 11.1 Å². The molecule has 0 radical (unpaired) electrons. The van der Waals surface area contributed by atoms with Gasteiger partial charge in [-0.05, 0) is 17.7 Å². The van der Waals surface area contributed by atoms with Crippen LogP contribution < -0.4 is 10.2 Å². The zero-order valence-corrected chi connectivity index (χ0v) is 13.7. The van der Waals surface area contributed by atoms with Gasteiger partial charge in [0.1, 0.15) is 16.9 Å². The Morgan fingerprint density at radius 1 is 1.08 bits per heavy atom. The molecule has 5 nitrogen and oxygen atoms in total. The first-order valence-corrected chi connectivity index (χ1v) is 7.92. The summed E-state index contributed by atoms with van der Waals surface area (Å²) in [7, 11) is 1.63. The minimum Gasteiger partial charge on any atom is -0.497 e. The van der Waals surface area contributed by atoms with Crippen LogP contribution in [0.2, 0.25) is 0 Å². The molecule has 5 heteroatoms. The summed E-state index contributed by atoms with van der Waals surface area (Å²) in [6.07, 6.45) is 1.56. The quantitative estimate of drug-likeness (QED) is 0.571. The second-order valence-electron chi connectivity index (χ2n) is 5.71. The number of hydrogen-bond donors (Lipinski definition) is 0. The van der Waals surface area contributed by atoms with E-state index in [1.165, 1.54) is 6.07 Å². The Morgan fingerprint density at radius 3 is 2.56 bits per heavy atom.